The molecule has 0 fully saturated rings. The van der Waals surface area contributed by atoms with Gasteiger partial charge in [-0.15, -0.1) is 0 Å². The van der Waals surface area contributed by atoms with Crippen molar-refractivity contribution in [3.8, 4) is 0 Å². The van der Waals surface area contributed by atoms with Crippen molar-refractivity contribution in [1.82, 2.24) is 0 Å². The fraction of sp³-hybridized carbons (Fsp3) is 0.0909. The van der Waals surface area contributed by atoms with Crippen LogP contribution in [0.5, 0.6) is 0 Å². The van der Waals surface area contributed by atoms with Crippen LogP contribution >= 0.6 is 0 Å². The number of nitrogens with zero attached hydrogens (tertiary/aromatic N) is 2. The van der Waals surface area contributed by atoms with Crippen molar-refractivity contribution in [2.45, 2.75) is 12.0 Å². The minimum atomic E-state index is -0.427. The van der Waals surface area contributed by atoms with E-state index >= 15 is 0 Å². The molecule has 0 atom stereocenters. The zero-order chi connectivity index (χ0) is 16.2. The van der Waals surface area contributed by atoms with Crippen LogP contribution in [-0.4, -0.2) is 0 Å². The molecule has 0 spiro atoms. The van der Waals surface area contributed by atoms with Gasteiger partial charge in [0.25, 0.3) is 0 Å². The molecule has 0 aliphatic carbocycles. The summed E-state index contributed by atoms with van der Waals surface area (Å²) in [7, 11) is 0. The number of benzene rings is 3. The predicted octanol–water partition coefficient (Wildman–Crippen LogP) is 5.83. The molecule has 3 aromatic rings. The second kappa shape index (κ2) is 6.25. The third kappa shape index (κ3) is 2.67. The van der Waals surface area contributed by atoms with Gasteiger partial charge in [-0.1, -0.05) is 91.0 Å². The van der Waals surface area contributed by atoms with Crippen molar-refractivity contribution in [3.05, 3.63) is 113 Å². The third-order valence-corrected chi connectivity index (χ3v) is 4.42. The van der Waals surface area contributed by atoms with E-state index in [-0.39, 0.29) is 0 Å². The van der Waals surface area contributed by atoms with Gasteiger partial charge in [0.15, 0.2) is 0 Å². The van der Waals surface area contributed by atoms with Crippen LogP contribution in [0.2, 0.25) is 0 Å². The largest absolute Gasteiger partial charge is 0.172 e. The lowest BCUT2D eigenvalue weighted by molar-refractivity contribution is 0.562. The van der Waals surface area contributed by atoms with Crippen LogP contribution in [0.4, 0.5) is 0 Å². The van der Waals surface area contributed by atoms with Gasteiger partial charge in [0, 0.05) is 6.42 Å². The fourth-order valence-electron chi connectivity index (χ4n) is 3.22. The molecule has 0 saturated carbocycles. The molecule has 0 amide bonds. The van der Waals surface area contributed by atoms with Gasteiger partial charge in [0.2, 0.25) is 0 Å². The third-order valence-electron chi connectivity index (χ3n) is 4.42. The Bertz CT molecular complexity index is 826. The molecule has 3 aromatic carbocycles. The highest BCUT2D eigenvalue weighted by molar-refractivity contribution is 5.55. The maximum atomic E-state index is 4.74. The molecule has 1 aliphatic heterocycles. The SMILES string of the molecule is C(=C1CC(c2ccccc2)(c2ccccc2)N=N1)c1ccccc1. The minimum absolute atomic E-state index is 0.427. The molecule has 0 N–H and O–H groups in total. The molecule has 4 rings (SSSR count). The smallest absolute Gasteiger partial charge is 0.137 e. The van der Waals surface area contributed by atoms with Crippen molar-refractivity contribution < 1.29 is 0 Å². The van der Waals surface area contributed by atoms with E-state index < -0.39 is 5.54 Å². The highest BCUT2D eigenvalue weighted by Gasteiger charge is 2.39. The molecule has 116 valence electrons. The topological polar surface area (TPSA) is 24.7 Å². The minimum Gasteiger partial charge on any atom is -0.172 e. The van der Waals surface area contributed by atoms with E-state index in [2.05, 4.69) is 71.9 Å². The molecule has 0 aromatic heterocycles. The maximum absolute atomic E-state index is 4.74. The summed E-state index contributed by atoms with van der Waals surface area (Å²) >= 11 is 0. The number of hydrogen-bond donors (Lipinski definition) is 0. The van der Waals surface area contributed by atoms with Gasteiger partial charge in [0.05, 0.1) is 5.70 Å². The van der Waals surface area contributed by atoms with Crippen LogP contribution in [0.25, 0.3) is 6.08 Å². The first-order chi connectivity index (χ1) is 11.9. The van der Waals surface area contributed by atoms with Crippen molar-refractivity contribution >= 4 is 6.08 Å². The van der Waals surface area contributed by atoms with Crippen molar-refractivity contribution in [2.24, 2.45) is 10.2 Å². The van der Waals surface area contributed by atoms with E-state index in [1.807, 2.05) is 30.3 Å². The highest BCUT2D eigenvalue weighted by atomic mass is 15.2. The predicted molar refractivity (Wildman–Crippen MR) is 97.6 cm³/mol. The van der Waals surface area contributed by atoms with Gasteiger partial charge in [-0.25, -0.2) is 0 Å². The molecule has 1 aliphatic rings. The van der Waals surface area contributed by atoms with Crippen LogP contribution in [0.15, 0.2) is 107 Å². The van der Waals surface area contributed by atoms with E-state index in [4.69, 9.17) is 5.11 Å². The molecule has 1 heterocycles. The Balaban J connectivity index is 1.78. The number of hydrogen-bond acceptors (Lipinski definition) is 2. The first-order valence-electron chi connectivity index (χ1n) is 8.16. The van der Waals surface area contributed by atoms with Gasteiger partial charge < -0.3 is 0 Å². The first kappa shape index (κ1) is 14.6. The lowest BCUT2D eigenvalue weighted by Crippen LogP contribution is -2.22. The van der Waals surface area contributed by atoms with Crippen LogP contribution in [0, 0.1) is 0 Å². The second-order valence-electron chi connectivity index (χ2n) is 6.02. The van der Waals surface area contributed by atoms with Gasteiger partial charge in [-0.05, 0) is 22.8 Å². The second-order valence-corrected chi connectivity index (χ2v) is 6.02. The molecular formula is C22H18N2. The Morgan fingerprint density at radius 2 is 1.17 bits per heavy atom. The summed E-state index contributed by atoms with van der Waals surface area (Å²) in [6.45, 7) is 0. The summed E-state index contributed by atoms with van der Waals surface area (Å²) in [5.41, 5.74) is 4.09. The van der Waals surface area contributed by atoms with Crippen molar-refractivity contribution in [1.29, 1.82) is 0 Å². The molecular weight excluding hydrogens is 292 g/mol. The molecule has 0 saturated heterocycles. The Hall–Kier alpha value is -3.00. The molecule has 0 radical (unpaired) electrons. The summed E-state index contributed by atoms with van der Waals surface area (Å²) in [6, 6.07) is 31.2. The summed E-state index contributed by atoms with van der Waals surface area (Å²) in [6.07, 6.45) is 2.90. The lowest BCUT2D eigenvalue weighted by Gasteiger charge is -2.25. The van der Waals surface area contributed by atoms with Gasteiger partial charge in [-0.3, -0.25) is 0 Å². The Morgan fingerprint density at radius 3 is 1.71 bits per heavy atom. The van der Waals surface area contributed by atoms with Crippen LogP contribution in [-0.2, 0) is 5.54 Å². The monoisotopic (exact) mass is 310 g/mol. The zero-order valence-corrected chi connectivity index (χ0v) is 13.3. The van der Waals surface area contributed by atoms with Gasteiger partial charge in [-0.2, -0.15) is 10.2 Å². The molecule has 0 bridgehead atoms. The lowest BCUT2D eigenvalue weighted by atomic mass is 9.80. The van der Waals surface area contributed by atoms with Gasteiger partial charge >= 0.3 is 0 Å². The number of azo groups is 1. The van der Waals surface area contributed by atoms with E-state index in [0.29, 0.717) is 0 Å². The van der Waals surface area contributed by atoms with E-state index in [1.54, 1.807) is 0 Å². The quantitative estimate of drug-likeness (QED) is 0.581. The summed E-state index contributed by atoms with van der Waals surface area (Å²) in [5, 5.41) is 9.27. The van der Waals surface area contributed by atoms with Crippen LogP contribution in [0.3, 0.4) is 0 Å². The van der Waals surface area contributed by atoms with E-state index in [1.165, 1.54) is 11.1 Å². The van der Waals surface area contributed by atoms with Crippen LogP contribution < -0.4 is 0 Å². The summed E-state index contributed by atoms with van der Waals surface area (Å²) in [4.78, 5) is 0. The maximum Gasteiger partial charge on any atom is 0.137 e. The average molecular weight is 310 g/mol. The standard InChI is InChI=1S/C22H18N2/c1-4-10-18(11-5-1)16-21-17-22(24-23-21,19-12-6-2-7-13-19)20-14-8-3-9-15-20/h1-16H,17H2. The number of rotatable bonds is 3. The summed E-state index contributed by atoms with van der Waals surface area (Å²) < 4.78 is 0. The molecule has 24 heavy (non-hydrogen) atoms. The Kier molecular flexibility index (Phi) is 3.80. The van der Waals surface area contributed by atoms with E-state index in [9.17, 15) is 0 Å². The fourth-order valence-corrected chi connectivity index (χ4v) is 3.22. The van der Waals surface area contributed by atoms with Crippen LogP contribution in [0.1, 0.15) is 23.1 Å². The normalized spacial score (nSPS) is 17.2. The Labute approximate surface area is 142 Å². The molecule has 2 heteroatoms. The molecule has 0 unspecified atom stereocenters. The summed E-state index contributed by atoms with van der Waals surface area (Å²) in [5.74, 6) is 0. The van der Waals surface area contributed by atoms with Gasteiger partial charge in [0.1, 0.15) is 5.54 Å². The first-order valence-corrected chi connectivity index (χ1v) is 8.16. The Morgan fingerprint density at radius 1 is 0.667 bits per heavy atom. The van der Waals surface area contributed by atoms with Crippen molar-refractivity contribution in [2.75, 3.05) is 0 Å². The highest BCUT2D eigenvalue weighted by Crippen LogP contribution is 2.44. The average Bonchev–Trinajstić information content (AvgIpc) is 3.09. The zero-order valence-electron chi connectivity index (χ0n) is 13.3. The van der Waals surface area contributed by atoms with Crippen molar-refractivity contribution in [3.63, 3.8) is 0 Å². The molecule has 2 nitrogen and oxygen atoms in total. The van der Waals surface area contributed by atoms with E-state index in [0.717, 1.165) is 17.7 Å².